The Balaban J connectivity index is 2.07. The lowest BCUT2D eigenvalue weighted by atomic mass is 10.1. The normalized spacial score (nSPS) is 17.0. The van der Waals surface area contributed by atoms with Gasteiger partial charge in [0.05, 0.1) is 0 Å². The van der Waals surface area contributed by atoms with Crippen molar-refractivity contribution in [1.29, 1.82) is 0 Å². The average Bonchev–Trinajstić information content (AvgIpc) is 2.86. The van der Waals surface area contributed by atoms with Crippen molar-refractivity contribution in [3.8, 4) is 0 Å². The number of carbonyl (C=O) groups is 1. The van der Waals surface area contributed by atoms with Crippen molar-refractivity contribution in [2.45, 2.75) is 18.9 Å². The fourth-order valence-corrected chi connectivity index (χ4v) is 2.24. The number of alkyl halides is 1. The molecule has 17 heavy (non-hydrogen) atoms. The van der Waals surface area contributed by atoms with Gasteiger partial charge in [0.15, 0.2) is 0 Å². The minimum absolute atomic E-state index is 0.0796. The topological polar surface area (TPSA) is 46.1 Å². The Morgan fingerprint density at radius 2 is 2.29 bits per heavy atom. The van der Waals surface area contributed by atoms with Gasteiger partial charge < -0.3 is 15.2 Å². The van der Waals surface area contributed by atoms with Crippen molar-refractivity contribution in [2.24, 2.45) is 0 Å². The lowest BCUT2D eigenvalue weighted by Crippen LogP contribution is -2.33. The van der Waals surface area contributed by atoms with Crippen LogP contribution in [0.15, 0.2) is 18.3 Å². The van der Waals surface area contributed by atoms with Crippen LogP contribution in [0.5, 0.6) is 0 Å². The zero-order valence-electron chi connectivity index (χ0n) is 9.79. The number of nitrogens with one attached hydrogen (secondary N) is 2. The molecule has 0 atom stereocenters. The molecule has 0 unspecified atom stereocenters. The van der Waals surface area contributed by atoms with Gasteiger partial charge in [-0.15, -0.1) is 0 Å². The first kappa shape index (κ1) is 12.1. The standard InChI is InChI=1S/C12H18FN3O/c13-5-8-15-12(17)11-2-1-9-16(11)10-3-6-14-7-4-10/h1-2,9-10,14H,3-8H2,(H,15,17). The summed E-state index contributed by atoms with van der Waals surface area (Å²) in [5.41, 5.74) is 0.630. The quantitative estimate of drug-likeness (QED) is 0.827. The second-order valence-electron chi connectivity index (χ2n) is 4.23. The molecule has 1 aliphatic heterocycles. The summed E-state index contributed by atoms with van der Waals surface area (Å²) >= 11 is 0. The Morgan fingerprint density at radius 1 is 1.53 bits per heavy atom. The Labute approximate surface area is 100 Å². The molecule has 2 N–H and O–H groups in total. The van der Waals surface area contributed by atoms with Gasteiger partial charge >= 0.3 is 0 Å². The Kier molecular flexibility index (Phi) is 4.14. The number of amides is 1. The van der Waals surface area contributed by atoms with Gasteiger partial charge in [0.25, 0.3) is 5.91 Å². The van der Waals surface area contributed by atoms with E-state index in [9.17, 15) is 9.18 Å². The second kappa shape index (κ2) is 5.82. The summed E-state index contributed by atoms with van der Waals surface area (Å²) in [7, 11) is 0. The summed E-state index contributed by atoms with van der Waals surface area (Å²) in [6, 6.07) is 4.03. The summed E-state index contributed by atoms with van der Waals surface area (Å²) < 4.78 is 14.0. The third-order valence-corrected chi connectivity index (χ3v) is 3.09. The van der Waals surface area contributed by atoms with Crippen LogP contribution in [-0.2, 0) is 0 Å². The highest BCUT2D eigenvalue weighted by atomic mass is 19.1. The van der Waals surface area contributed by atoms with E-state index in [0.717, 1.165) is 25.9 Å². The SMILES string of the molecule is O=C(NCCF)c1cccn1C1CCNCC1. The third-order valence-electron chi connectivity index (χ3n) is 3.09. The molecule has 0 spiro atoms. The van der Waals surface area contributed by atoms with Gasteiger partial charge in [-0.25, -0.2) is 4.39 Å². The maximum absolute atomic E-state index is 12.0. The molecule has 1 fully saturated rings. The first-order chi connectivity index (χ1) is 8.33. The fraction of sp³-hybridized carbons (Fsp3) is 0.583. The summed E-state index contributed by atoms with van der Waals surface area (Å²) in [5, 5.41) is 5.86. The van der Waals surface area contributed by atoms with Crippen LogP contribution in [0.3, 0.4) is 0 Å². The van der Waals surface area contributed by atoms with Crippen LogP contribution in [0.25, 0.3) is 0 Å². The number of halogens is 1. The molecule has 4 nitrogen and oxygen atoms in total. The molecule has 2 rings (SSSR count). The van der Waals surface area contributed by atoms with E-state index >= 15 is 0 Å². The van der Waals surface area contributed by atoms with E-state index < -0.39 is 6.67 Å². The van der Waals surface area contributed by atoms with E-state index in [1.54, 1.807) is 6.07 Å². The number of nitrogens with zero attached hydrogens (tertiary/aromatic N) is 1. The smallest absolute Gasteiger partial charge is 0.268 e. The Bertz CT molecular complexity index is 372. The first-order valence-corrected chi connectivity index (χ1v) is 6.04. The zero-order chi connectivity index (χ0) is 12.1. The number of aromatic nitrogens is 1. The van der Waals surface area contributed by atoms with Crippen molar-refractivity contribution < 1.29 is 9.18 Å². The lowest BCUT2D eigenvalue weighted by molar-refractivity contribution is 0.0938. The molecule has 1 amide bonds. The van der Waals surface area contributed by atoms with Gasteiger partial charge in [-0.2, -0.15) is 0 Å². The zero-order valence-corrected chi connectivity index (χ0v) is 9.79. The van der Waals surface area contributed by atoms with E-state index in [-0.39, 0.29) is 12.5 Å². The van der Waals surface area contributed by atoms with Crippen LogP contribution in [0.1, 0.15) is 29.4 Å². The van der Waals surface area contributed by atoms with Crippen LogP contribution >= 0.6 is 0 Å². The summed E-state index contributed by atoms with van der Waals surface area (Å²) in [6.07, 6.45) is 3.98. The maximum atomic E-state index is 12.0. The highest BCUT2D eigenvalue weighted by Crippen LogP contribution is 2.21. The lowest BCUT2D eigenvalue weighted by Gasteiger charge is -2.25. The molecule has 94 valence electrons. The van der Waals surface area contributed by atoms with Crippen molar-refractivity contribution in [2.75, 3.05) is 26.3 Å². The summed E-state index contributed by atoms with van der Waals surface area (Å²) in [6.45, 7) is 1.51. The van der Waals surface area contributed by atoms with Gasteiger partial charge in [-0.1, -0.05) is 0 Å². The maximum Gasteiger partial charge on any atom is 0.268 e. The molecular formula is C12H18FN3O. The molecule has 1 saturated heterocycles. The molecule has 1 aromatic heterocycles. The van der Waals surface area contributed by atoms with Crippen LogP contribution in [0.2, 0.25) is 0 Å². The highest BCUT2D eigenvalue weighted by molar-refractivity contribution is 5.92. The summed E-state index contributed by atoms with van der Waals surface area (Å²) in [5.74, 6) is -0.189. The molecule has 0 aliphatic carbocycles. The largest absolute Gasteiger partial charge is 0.348 e. The van der Waals surface area contributed by atoms with Crippen molar-refractivity contribution in [3.05, 3.63) is 24.0 Å². The number of carbonyl (C=O) groups excluding carboxylic acids is 1. The number of hydrogen-bond donors (Lipinski definition) is 2. The summed E-state index contributed by atoms with van der Waals surface area (Å²) in [4.78, 5) is 11.8. The van der Waals surface area contributed by atoms with Crippen LogP contribution in [-0.4, -0.2) is 36.8 Å². The third kappa shape index (κ3) is 2.85. The molecule has 0 bridgehead atoms. The van der Waals surface area contributed by atoms with Crippen molar-refractivity contribution in [1.82, 2.24) is 15.2 Å². The molecule has 1 aliphatic rings. The van der Waals surface area contributed by atoms with Gasteiger partial charge in [-0.05, 0) is 38.1 Å². The monoisotopic (exact) mass is 239 g/mol. The highest BCUT2D eigenvalue weighted by Gasteiger charge is 2.19. The van der Waals surface area contributed by atoms with E-state index in [4.69, 9.17) is 0 Å². The molecular weight excluding hydrogens is 221 g/mol. The van der Waals surface area contributed by atoms with Gasteiger partial charge in [0.1, 0.15) is 12.4 Å². The van der Waals surface area contributed by atoms with Crippen molar-refractivity contribution in [3.63, 3.8) is 0 Å². The number of piperidine rings is 1. The minimum atomic E-state index is -0.528. The molecule has 0 aromatic carbocycles. The van der Waals surface area contributed by atoms with E-state index in [1.165, 1.54) is 0 Å². The van der Waals surface area contributed by atoms with Crippen LogP contribution in [0.4, 0.5) is 4.39 Å². The van der Waals surface area contributed by atoms with Gasteiger partial charge in [-0.3, -0.25) is 4.79 Å². The van der Waals surface area contributed by atoms with Crippen LogP contribution in [0, 0.1) is 0 Å². The van der Waals surface area contributed by atoms with Crippen molar-refractivity contribution >= 4 is 5.91 Å². The molecule has 5 heteroatoms. The Morgan fingerprint density at radius 3 is 3.00 bits per heavy atom. The minimum Gasteiger partial charge on any atom is -0.348 e. The number of hydrogen-bond acceptors (Lipinski definition) is 2. The fourth-order valence-electron chi connectivity index (χ4n) is 2.24. The molecule has 1 aromatic rings. The molecule has 0 radical (unpaired) electrons. The predicted octanol–water partition coefficient (Wildman–Crippen LogP) is 1.11. The Hall–Kier alpha value is -1.36. The van der Waals surface area contributed by atoms with E-state index in [0.29, 0.717) is 11.7 Å². The second-order valence-corrected chi connectivity index (χ2v) is 4.23. The van der Waals surface area contributed by atoms with Gasteiger partial charge in [0.2, 0.25) is 0 Å². The molecule has 2 heterocycles. The average molecular weight is 239 g/mol. The number of rotatable bonds is 4. The predicted molar refractivity (Wildman–Crippen MR) is 63.9 cm³/mol. The van der Waals surface area contributed by atoms with E-state index in [2.05, 4.69) is 10.6 Å². The molecule has 0 saturated carbocycles. The van der Waals surface area contributed by atoms with Crippen LogP contribution < -0.4 is 10.6 Å². The first-order valence-electron chi connectivity index (χ1n) is 6.04. The van der Waals surface area contributed by atoms with Gasteiger partial charge in [0, 0.05) is 18.8 Å². The van der Waals surface area contributed by atoms with E-state index in [1.807, 2.05) is 16.8 Å².